The Morgan fingerprint density at radius 1 is 1.69 bits per heavy atom. The van der Waals surface area contributed by atoms with E-state index in [1.54, 1.807) is 0 Å². The van der Waals surface area contributed by atoms with Crippen LogP contribution in [-0.2, 0) is 4.79 Å². The summed E-state index contributed by atoms with van der Waals surface area (Å²) in [6.45, 7) is 3.93. The van der Waals surface area contributed by atoms with E-state index < -0.39 is 0 Å². The Labute approximate surface area is 96.6 Å². The third kappa shape index (κ3) is 1.92. The average molecular weight is 221 g/mol. The van der Waals surface area contributed by atoms with Crippen molar-refractivity contribution in [1.29, 1.82) is 5.26 Å². The molecule has 4 heteroatoms. The quantitative estimate of drug-likeness (QED) is 0.770. The normalized spacial score (nSPS) is 31.6. The zero-order valence-electron chi connectivity index (χ0n) is 9.78. The van der Waals surface area contributed by atoms with E-state index in [2.05, 4.69) is 23.2 Å². The molecule has 1 N–H and O–H groups in total. The molecule has 0 saturated carbocycles. The number of carbonyl (C=O) groups is 1. The highest BCUT2D eigenvalue weighted by atomic mass is 16.2. The second-order valence-corrected chi connectivity index (χ2v) is 4.72. The van der Waals surface area contributed by atoms with Crippen molar-refractivity contribution in [1.82, 2.24) is 10.2 Å². The summed E-state index contributed by atoms with van der Waals surface area (Å²) in [5.41, 5.74) is 0. The highest BCUT2D eigenvalue weighted by Crippen LogP contribution is 2.30. The first-order valence-electron chi connectivity index (χ1n) is 6.18. The summed E-state index contributed by atoms with van der Waals surface area (Å²) >= 11 is 0. The lowest BCUT2D eigenvalue weighted by atomic mass is 9.89. The highest BCUT2D eigenvalue weighted by Gasteiger charge is 2.42. The van der Waals surface area contributed by atoms with Gasteiger partial charge in [0.05, 0.1) is 18.4 Å². The molecule has 0 aromatic heterocycles. The predicted octanol–water partition coefficient (Wildman–Crippen LogP) is 0.889. The van der Waals surface area contributed by atoms with Gasteiger partial charge in [-0.1, -0.05) is 6.92 Å². The van der Waals surface area contributed by atoms with Crippen LogP contribution in [0, 0.1) is 17.2 Å². The lowest BCUT2D eigenvalue weighted by molar-refractivity contribution is -0.124. The Bertz CT molecular complexity index is 310. The number of amides is 1. The number of carbonyl (C=O) groups excluding carboxylic acids is 1. The molecule has 0 aromatic rings. The van der Waals surface area contributed by atoms with Crippen LogP contribution < -0.4 is 5.32 Å². The van der Waals surface area contributed by atoms with E-state index in [0.717, 1.165) is 32.4 Å². The highest BCUT2D eigenvalue weighted by molar-refractivity contribution is 5.82. The Morgan fingerprint density at radius 2 is 2.50 bits per heavy atom. The monoisotopic (exact) mass is 221 g/mol. The number of nitriles is 1. The molecule has 2 rings (SSSR count). The Morgan fingerprint density at radius 3 is 3.19 bits per heavy atom. The van der Waals surface area contributed by atoms with Crippen LogP contribution in [0.25, 0.3) is 0 Å². The maximum atomic E-state index is 11.6. The standard InChI is InChI=1S/C12H19N3O/c1-2-9(5-6-13)15-7-3-4-10-11(15)8-14-12(10)16/h9-11H,2-5,7-8H2,1H3,(H,14,16). The molecule has 2 aliphatic heterocycles. The first-order valence-corrected chi connectivity index (χ1v) is 6.18. The minimum atomic E-state index is 0.168. The number of nitrogens with one attached hydrogen (secondary N) is 1. The maximum absolute atomic E-state index is 11.6. The fourth-order valence-corrected chi connectivity index (χ4v) is 3.04. The van der Waals surface area contributed by atoms with E-state index in [0.29, 0.717) is 18.5 Å². The largest absolute Gasteiger partial charge is 0.354 e. The SMILES string of the molecule is CCC(CC#N)N1CCCC2C(=O)NCC21. The van der Waals surface area contributed by atoms with Gasteiger partial charge in [0.2, 0.25) is 5.91 Å². The Hall–Kier alpha value is -1.08. The molecule has 0 radical (unpaired) electrons. The van der Waals surface area contributed by atoms with Crippen molar-refractivity contribution in [3.05, 3.63) is 0 Å². The topological polar surface area (TPSA) is 56.1 Å². The van der Waals surface area contributed by atoms with Gasteiger partial charge < -0.3 is 5.32 Å². The molecule has 0 aromatic carbocycles. The molecule has 16 heavy (non-hydrogen) atoms. The third-order valence-corrected chi connectivity index (χ3v) is 3.91. The molecule has 0 spiro atoms. The number of rotatable bonds is 3. The fourth-order valence-electron chi connectivity index (χ4n) is 3.04. The molecular formula is C12H19N3O. The number of nitrogens with zero attached hydrogens (tertiary/aromatic N) is 2. The molecule has 1 amide bonds. The molecular weight excluding hydrogens is 202 g/mol. The van der Waals surface area contributed by atoms with Crippen LogP contribution in [-0.4, -0.2) is 36.0 Å². The molecule has 88 valence electrons. The molecule has 3 unspecified atom stereocenters. The van der Waals surface area contributed by atoms with Crippen LogP contribution >= 0.6 is 0 Å². The second kappa shape index (κ2) is 4.84. The fraction of sp³-hybridized carbons (Fsp3) is 0.833. The lowest BCUT2D eigenvalue weighted by Crippen LogP contribution is -2.50. The lowest BCUT2D eigenvalue weighted by Gasteiger charge is -2.40. The van der Waals surface area contributed by atoms with E-state index in [1.807, 2.05) is 0 Å². The number of likely N-dealkylation sites (tertiary alicyclic amines) is 1. The van der Waals surface area contributed by atoms with Gasteiger partial charge in [0, 0.05) is 18.6 Å². The number of hydrogen-bond donors (Lipinski definition) is 1. The zero-order valence-corrected chi connectivity index (χ0v) is 9.78. The molecule has 4 nitrogen and oxygen atoms in total. The van der Waals surface area contributed by atoms with E-state index in [1.165, 1.54) is 0 Å². The Kier molecular flexibility index (Phi) is 3.45. The van der Waals surface area contributed by atoms with E-state index >= 15 is 0 Å². The van der Waals surface area contributed by atoms with Gasteiger partial charge in [-0.2, -0.15) is 5.26 Å². The van der Waals surface area contributed by atoms with Crippen molar-refractivity contribution in [2.75, 3.05) is 13.1 Å². The van der Waals surface area contributed by atoms with Gasteiger partial charge in [0.25, 0.3) is 0 Å². The van der Waals surface area contributed by atoms with Crippen molar-refractivity contribution in [3.8, 4) is 6.07 Å². The summed E-state index contributed by atoms with van der Waals surface area (Å²) in [7, 11) is 0. The summed E-state index contributed by atoms with van der Waals surface area (Å²) in [6, 6.07) is 2.92. The number of hydrogen-bond acceptors (Lipinski definition) is 3. The summed E-state index contributed by atoms with van der Waals surface area (Å²) in [6.07, 6.45) is 3.66. The van der Waals surface area contributed by atoms with Gasteiger partial charge >= 0.3 is 0 Å². The van der Waals surface area contributed by atoms with E-state index in [-0.39, 0.29) is 11.8 Å². The minimum Gasteiger partial charge on any atom is -0.354 e. The van der Waals surface area contributed by atoms with Gasteiger partial charge in [-0.05, 0) is 25.8 Å². The van der Waals surface area contributed by atoms with Crippen LogP contribution in [0.2, 0.25) is 0 Å². The molecule has 2 aliphatic rings. The maximum Gasteiger partial charge on any atom is 0.224 e. The van der Waals surface area contributed by atoms with Crippen molar-refractivity contribution in [2.24, 2.45) is 5.92 Å². The van der Waals surface area contributed by atoms with Crippen LogP contribution in [0.15, 0.2) is 0 Å². The van der Waals surface area contributed by atoms with E-state index in [4.69, 9.17) is 5.26 Å². The smallest absolute Gasteiger partial charge is 0.224 e. The second-order valence-electron chi connectivity index (χ2n) is 4.72. The van der Waals surface area contributed by atoms with Crippen molar-refractivity contribution >= 4 is 5.91 Å². The first-order chi connectivity index (χ1) is 7.77. The molecule has 0 aliphatic carbocycles. The van der Waals surface area contributed by atoms with Gasteiger partial charge in [-0.15, -0.1) is 0 Å². The van der Waals surface area contributed by atoms with Crippen molar-refractivity contribution in [2.45, 2.75) is 44.7 Å². The summed E-state index contributed by atoms with van der Waals surface area (Å²) in [5, 5.41) is 11.8. The zero-order chi connectivity index (χ0) is 11.5. The van der Waals surface area contributed by atoms with Crippen molar-refractivity contribution < 1.29 is 4.79 Å². The molecule has 0 bridgehead atoms. The summed E-state index contributed by atoms with van der Waals surface area (Å²) in [4.78, 5) is 14.0. The number of piperidine rings is 1. The van der Waals surface area contributed by atoms with Gasteiger partial charge in [-0.3, -0.25) is 9.69 Å². The first kappa shape index (κ1) is 11.4. The van der Waals surface area contributed by atoms with Gasteiger partial charge in [-0.25, -0.2) is 0 Å². The minimum absolute atomic E-state index is 0.168. The molecule has 3 atom stereocenters. The van der Waals surface area contributed by atoms with Crippen molar-refractivity contribution in [3.63, 3.8) is 0 Å². The van der Waals surface area contributed by atoms with Crippen LogP contribution in [0.1, 0.15) is 32.6 Å². The molecule has 2 fully saturated rings. The summed E-state index contributed by atoms with van der Waals surface area (Å²) < 4.78 is 0. The Balaban J connectivity index is 2.09. The summed E-state index contributed by atoms with van der Waals surface area (Å²) in [5.74, 6) is 0.378. The van der Waals surface area contributed by atoms with Crippen LogP contribution in [0.4, 0.5) is 0 Å². The third-order valence-electron chi connectivity index (χ3n) is 3.91. The average Bonchev–Trinajstić information content (AvgIpc) is 2.68. The van der Waals surface area contributed by atoms with Crippen LogP contribution in [0.3, 0.4) is 0 Å². The molecule has 2 saturated heterocycles. The number of fused-ring (bicyclic) bond motifs is 1. The van der Waals surface area contributed by atoms with Crippen LogP contribution in [0.5, 0.6) is 0 Å². The van der Waals surface area contributed by atoms with E-state index in [9.17, 15) is 4.79 Å². The van der Waals surface area contributed by atoms with Gasteiger partial charge in [0.1, 0.15) is 0 Å². The van der Waals surface area contributed by atoms with Gasteiger partial charge in [0.15, 0.2) is 0 Å². The predicted molar refractivity (Wildman–Crippen MR) is 60.5 cm³/mol. The molecule has 2 heterocycles.